The molecule has 0 radical (unpaired) electrons. The largest absolute Gasteiger partial charge is 0.497 e. The molecule has 0 saturated heterocycles. The van der Waals surface area contributed by atoms with E-state index in [1.807, 2.05) is 6.07 Å². The molecule has 1 N–H and O–H groups in total. The van der Waals surface area contributed by atoms with Gasteiger partial charge in [-0.25, -0.2) is 0 Å². The summed E-state index contributed by atoms with van der Waals surface area (Å²) in [5.41, 5.74) is 2.83. The summed E-state index contributed by atoms with van der Waals surface area (Å²) < 4.78 is 10.9. The van der Waals surface area contributed by atoms with Crippen LogP contribution in [0.3, 0.4) is 0 Å². The Morgan fingerprint density at radius 3 is 2.90 bits per heavy atom. The van der Waals surface area contributed by atoms with E-state index in [9.17, 15) is 0 Å². The van der Waals surface area contributed by atoms with E-state index in [-0.39, 0.29) is 0 Å². The van der Waals surface area contributed by atoms with Gasteiger partial charge in [-0.1, -0.05) is 6.07 Å². The summed E-state index contributed by atoms with van der Waals surface area (Å²) in [4.78, 5) is 2.13. The van der Waals surface area contributed by atoms with Crippen molar-refractivity contribution in [1.82, 2.24) is 10.2 Å². The van der Waals surface area contributed by atoms with Crippen molar-refractivity contribution in [2.75, 3.05) is 47.5 Å². The number of benzene rings is 1. The zero-order valence-corrected chi connectivity index (χ0v) is 12.8. The predicted octanol–water partition coefficient (Wildman–Crippen LogP) is 1.85. The molecule has 0 bridgehead atoms. The molecule has 0 aromatic heterocycles. The lowest BCUT2D eigenvalue weighted by molar-refractivity contribution is 0.117. The average molecular weight is 278 g/mol. The molecule has 1 aliphatic rings. The number of fused-ring (bicyclic) bond motifs is 1. The van der Waals surface area contributed by atoms with Crippen LogP contribution in [0.25, 0.3) is 0 Å². The fourth-order valence-electron chi connectivity index (χ4n) is 2.57. The predicted molar refractivity (Wildman–Crippen MR) is 81.4 cm³/mol. The fourth-order valence-corrected chi connectivity index (χ4v) is 2.57. The first-order valence-electron chi connectivity index (χ1n) is 7.33. The molecule has 20 heavy (non-hydrogen) atoms. The summed E-state index contributed by atoms with van der Waals surface area (Å²) in [5.74, 6) is 0.944. The molecule has 112 valence electrons. The van der Waals surface area contributed by atoms with Gasteiger partial charge in [-0.2, -0.15) is 0 Å². The Bertz CT molecular complexity index is 421. The fraction of sp³-hybridized carbons (Fsp3) is 0.625. The van der Waals surface area contributed by atoms with E-state index in [0.29, 0.717) is 6.04 Å². The number of aryl methyl sites for hydroxylation is 1. The minimum Gasteiger partial charge on any atom is -0.497 e. The summed E-state index contributed by atoms with van der Waals surface area (Å²) in [5, 5.41) is 3.58. The van der Waals surface area contributed by atoms with Crippen molar-refractivity contribution in [3.63, 3.8) is 0 Å². The topological polar surface area (TPSA) is 33.7 Å². The lowest BCUT2D eigenvalue weighted by atomic mass is 10.1. The standard InChI is InChI=1S/C16H26N2O2/c1-18(2)9-11-20-10-8-17-16-7-5-13-4-6-14(19-3)12-15(13)16/h4,6,12,16-17H,5,7-11H2,1-3H3. The van der Waals surface area contributed by atoms with E-state index in [4.69, 9.17) is 9.47 Å². The van der Waals surface area contributed by atoms with Gasteiger partial charge in [0.1, 0.15) is 5.75 Å². The number of rotatable bonds is 8. The van der Waals surface area contributed by atoms with Gasteiger partial charge in [0, 0.05) is 19.1 Å². The van der Waals surface area contributed by atoms with Crippen molar-refractivity contribution in [3.05, 3.63) is 29.3 Å². The number of hydrogen-bond donors (Lipinski definition) is 1. The van der Waals surface area contributed by atoms with Gasteiger partial charge >= 0.3 is 0 Å². The normalized spacial score (nSPS) is 17.5. The summed E-state index contributed by atoms with van der Waals surface area (Å²) in [6.07, 6.45) is 2.32. The minimum absolute atomic E-state index is 0.442. The maximum Gasteiger partial charge on any atom is 0.119 e. The molecule has 1 aromatic carbocycles. The first kappa shape index (κ1) is 15.3. The van der Waals surface area contributed by atoms with Crippen molar-refractivity contribution in [2.24, 2.45) is 0 Å². The minimum atomic E-state index is 0.442. The lowest BCUT2D eigenvalue weighted by Gasteiger charge is -2.15. The molecule has 1 aromatic rings. The van der Waals surface area contributed by atoms with Gasteiger partial charge in [-0.3, -0.25) is 0 Å². The molecular formula is C16H26N2O2. The second kappa shape index (κ2) is 7.62. The van der Waals surface area contributed by atoms with E-state index in [1.54, 1.807) is 7.11 Å². The molecule has 1 atom stereocenters. The van der Waals surface area contributed by atoms with Gasteiger partial charge in [0.15, 0.2) is 0 Å². The second-order valence-electron chi connectivity index (χ2n) is 5.53. The van der Waals surface area contributed by atoms with E-state index in [2.05, 4.69) is 36.4 Å². The quantitative estimate of drug-likeness (QED) is 0.736. The van der Waals surface area contributed by atoms with Crippen LogP contribution in [0.2, 0.25) is 0 Å². The Hall–Kier alpha value is -1.10. The van der Waals surface area contributed by atoms with Gasteiger partial charge in [-0.15, -0.1) is 0 Å². The highest BCUT2D eigenvalue weighted by molar-refractivity contribution is 5.40. The zero-order chi connectivity index (χ0) is 14.4. The Balaban J connectivity index is 1.73. The van der Waals surface area contributed by atoms with Crippen molar-refractivity contribution >= 4 is 0 Å². The van der Waals surface area contributed by atoms with Crippen LogP contribution in [0, 0.1) is 0 Å². The monoisotopic (exact) mass is 278 g/mol. The first-order chi connectivity index (χ1) is 9.70. The highest BCUT2D eigenvalue weighted by Crippen LogP contribution is 2.33. The third kappa shape index (κ3) is 4.20. The van der Waals surface area contributed by atoms with Gasteiger partial charge in [0.2, 0.25) is 0 Å². The molecule has 0 fully saturated rings. The molecule has 2 rings (SSSR count). The number of ether oxygens (including phenoxy) is 2. The van der Waals surface area contributed by atoms with E-state index in [1.165, 1.54) is 17.5 Å². The van der Waals surface area contributed by atoms with Crippen LogP contribution >= 0.6 is 0 Å². The van der Waals surface area contributed by atoms with Crippen LogP contribution in [0.1, 0.15) is 23.6 Å². The Kier molecular flexibility index (Phi) is 5.83. The smallest absolute Gasteiger partial charge is 0.119 e. The number of nitrogens with one attached hydrogen (secondary N) is 1. The number of hydrogen-bond acceptors (Lipinski definition) is 4. The molecule has 1 aliphatic carbocycles. The van der Waals surface area contributed by atoms with Crippen molar-refractivity contribution in [1.29, 1.82) is 0 Å². The molecule has 0 saturated carbocycles. The third-order valence-corrected chi connectivity index (χ3v) is 3.75. The summed E-state index contributed by atoms with van der Waals surface area (Å²) in [7, 11) is 5.84. The summed E-state index contributed by atoms with van der Waals surface area (Å²) in [6, 6.07) is 6.83. The van der Waals surface area contributed by atoms with Crippen molar-refractivity contribution in [2.45, 2.75) is 18.9 Å². The Morgan fingerprint density at radius 2 is 2.15 bits per heavy atom. The average Bonchev–Trinajstić information content (AvgIpc) is 2.84. The molecule has 0 heterocycles. The van der Waals surface area contributed by atoms with Crippen LogP contribution in [-0.4, -0.2) is 52.4 Å². The Morgan fingerprint density at radius 1 is 1.30 bits per heavy atom. The number of methoxy groups -OCH3 is 1. The molecule has 0 spiro atoms. The van der Waals surface area contributed by atoms with Gasteiger partial charge in [0.25, 0.3) is 0 Å². The first-order valence-corrected chi connectivity index (χ1v) is 7.33. The van der Waals surface area contributed by atoms with Gasteiger partial charge in [0.05, 0.1) is 20.3 Å². The molecule has 0 amide bonds. The van der Waals surface area contributed by atoms with E-state index in [0.717, 1.165) is 38.5 Å². The second-order valence-corrected chi connectivity index (χ2v) is 5.53. The molecule has 4 nitrogen and oxygen atoms in total. The summed E-state index contributed by atoms with van der Waals surface area (Å²) in [6.45, 7) is 3.44. The van der Waals surface area contributed by atoms with Crippen LogP contribution in [-0.2, 0) is 11.2 Å². The van der Waals surface area contributed by atoms with Gasteiger partial charge < -0.3 is 19.7 Å². The van der Waals surface area contributed by atoms with Crippen molar-refractivity contribution in [3.8, 4) is 5.75 Å². The highest BCUT2D eigenvalue weighted by Gasteiger charge is 2.22. The Labute approximate surface area is 122 Å². The van der Waals surface area contributed by atoms with Crippen LogP contribution in [0.4, 0.5) is 0 Å². The van der Waals surface area contributed by atoms with Crippen molar-refractivity contribution < 1.29 is 9.47 Å². The van der Waals surface area contributed by atoms with E-state index >= 15 is 0 Å². The maximum atomic E-state index is 5.61. The summed E-state index contributed by atoms with van der Waals surface area (Å²) >= 11 is 0. The van der Waals surface area contributed by atoms with E-state index < -0.39 is 0 Å². The SMILES string of the molecule is COc1ccc2c(c1)C(NCCOCCN(C)C)CC2. The van der Waals surface area contributed by atoms with Crippen LogP contribution in [0.5, 0.6) is 5.75 Å². The number of nitrogens with zero attached hydrogens (tertiary/aromatic N) is 1. The third-order valence-electron chi connectivity index (χ3n) is 3.75. The van der Waals surface area contributed by atoms with Gasteiger partial charge in [-0.05, 0) is 50.2 Å². The van der Waals surface area contributed by atoms with Crippen LogP contribution < -0.4 is 10.1 Å². The zero-order valence-electron chi connectivity index (χ0n) is 12.8. The molecule has 4 heteroatoms. The molecular weight excluding hydrogens is 252 g/mol. The van der Waals surface area contributed by atoms with Crippen LogP contribution in [0.15, 0.2) is 18.2 Å². The maximum absolute atomic E-state index is 5.61. The highest BCUT2D eigenvalue weighted by atomic mass is 16.5. The lowest BCUT2D eigenvalue weighted by Crippen LogP contribution is -2.25. The molecule has 0 aliphatic heterocycles. The number of likely N-dealkylation sites (N-methyl/N-ethyl adjacent to an activating group) is 1. The molecule has 1 unspecified atom stereocenters.